The van der Waals surface area contributed by atoms with Crippen LogP contribution in [0.4, 0.5) is 5.69 Å². The molecule has 0 unspecified atom stereocenters. The van der Waals surface area contributed by atoms with Gasteiger partial charge in [0.2, 0.25) is 5.88 Å². The molecule has 1 aromatic carbocycles. The number of methoxy groups -OCH3 is 1. The van der Waals surface area contributed by atoms with Crippen LogP contribution >= 0.6 is 0 Å². The minimum atomic E-state index is -0.198. The summed E-state index contributed by atoms with van der Waals surface area (Å²) in [6.07, 6.45) is 1.59. The first-order chi connectivity index (χ1) is 10.1. The number of anilines is 1. The average Bonchev–Trinajstić information content (AvgIpc) is 2.52. The minimum Gasteiger partial charge on any atom is -0.480 e. The third-order valence-electron chi connectivity index (χ3n) is 3.11. The third-order valence-corrected chi connectivity index (χ3v) is 3.11. The lowest BCUT2D eigenvalue weighted by molar-refractivity contribution is 0.0947. The number of ether oxygens (including phenoxy) is 1. The number of rotatable bonds is 5. The highest BCUT2D eigenvalue weighted by Gasteiger charge is 2.12. The summed E-state index contributed by atoms with van der Waals surface area (Å²) in [5, 5.41) is 2.87. The van der Waals surface area contributed by atoms with Gasteiger partial charge in [0.1, 0.15) is 5.56 Å². The zero-order chi connectivity index (χ0) is 15.2. The molecule has 5 heteroatoms. The van der Waals surface area contributed by atoms with Gasteiger partial charge in [-0.1, -0.05) is 12.1 Å². The lowest BCUT2D eigenvalue weighted by atomic mass is 10.2. The standard InChI is InChI=1S/C16H19N3O2/c1-19(2)13-8-6-12(7-9-13)11-18-15(20)14-5-4-10-17-16(14)21-3/h4-10H,11H2,1-3H3,(H,18,20). The number of hydrogen-bond donors (Lipinski definition) is 1. The van der Waals surface area contributed by atoms with Gasteiger partial charge in [0.25, 0.3) is 5.91 Å². The lowest BCUT2D eigenvalue weighted by Gasteiger charge is -2.13. The second kappa shape index (κ2) is 6.74. The highest BCUT2D eigenvalue weighted by atomic mass is 16.5. The largest absolute Gasteiger partial charge is 0.480 e. The highest BCUT2D eigenvalue weighted by Crippen LogP contribution is 2.14. The first-order valence-corrected chi connectivity index (χ1v) is 6.65. The zero-order valence-electron chi connectivity index (χ0n) is 12.5. The molecule has 0 bridgehead atoms. The van der Waals surface area contributed by atoms with Gasteiger partial charge in [-0.15, -0.1) is 0 Å². The van der Waals surface area contributed by atoms with Crippen molar-refractivity contribution in [3.05, 3.63) is 53.7 Å². The molecule has 0 saturated heterocycles. The fourth-order valence-electron chi connectivity index (χ4n) is 1.92. The van der Waals surface area contributed by atoms with Crippen molar-refractivity contribution in [3.63, 3.8) is 0 Å². The van der Waals surface area contributed by atoms with E-state index >= 15 is 0 Å². The topological polar surface area (TPSA) is 54.5 Å². The number of aromatic nitrogens is 1. The molecule has 5 nitrogen and oxygen atoms in total. The van der Waals surface area contributed by atoms with E-state index in [-0.39, 0.29) is 5.91 Å². The number of benzene rings is 1. The van der Waals surface area contributed by atoms with Crippen LogP contribution in [0, 0.1) is 0 Å². The Morgan fingerprint density at radius 1 is 1.24 bits per heavy atom. The van der Waals surface area contributed by atoms with Crippen LogP contribution in [0.5, 0.6) is 5.88 Å². The van der Waals surface area contributed by atoms with E-state index in [9.17, 15) is 4.79 Å². The van der Waals surface area contributed by atoms with E-state index in [2.05, 4.69) is 10.3 Å². The molecule has 1 amide bonds. The molecular weight excluding hydrogens is 266 g/mol. The predicted octanol–water partition coefficient (Wildman–Crippen LogP) is 2.09. The van der Waals surface area contributed by atoms with Crippen LogP contribution in [0.15, 0.2) is 42.6 Å². The van der Waals surface area contributed by atoms with E-state index in [4.69, 9.17) is 4.74 Å². The number of hydrogen-bond acceptors (Lipinski definition) is 4. The fraction of sp³-hybridized carbons (Fsp3) is 0.250. The maximum Gasteiger partial charge on any atom is 0.257 e. The Bertz CT molecular complexity index is 609. The normalized spacial score (nSPS) is 10.0. The van der Waals surface area contributed by atoms with Crippen molar-refractivity contribution in [3.8, 4) is 5.88 Å². The molecule has 0 radical (unpaired) electrons. The van der Waals surface area contributed by atoms with Crippen LogP contribution in [-0.4, -0.2) is 32.1 Å². The van der Waals surface area contributed by atoms with Gasteiger partial charge in [-0.2, -0.15) is 0 Å². The van der Waals surface area contributed by atoms with Crippen molar-refractivity contribution in [2.45, 2.75) is 6.54 Å². The fourth-order valence-corrected chi connectivity index (χ4v) is 1.92. The minimum absolute atomic E-state index is 0.198. The van der Waals surface area contributed by atoms with E-state index in [1.54, 1.807) is 18.3 Å². The van der Waals surface area contributed by atoms with E-state index < -0.39 is 0 Å². The summed E-state index contributed by atoms with van der Waals surface area (Å²) in [4.78, 5) is 18.2. The number of carbonyl (C=O) groups is 1. The molecule has 2 rings (SSSR count). The summed E-state index contributed by atoms with van der Waals surface area (Å²) in [5.41, 5.74) is 2.60. The Balaban J connectivity index is 2.00. The van der Waals surface area contributed by atoms with E-state index in [1.807, 2.05) is 43.3 Å². The molecule has 0 saturated carbocycles. The van der Waals surface area contributed by atoms with Gasteiger partial charge < -0.3 is 15.0 Å². The van der Waals surface area contributed by atoms with Crippen LogP contribution in [0.3, 0.4) is 0 Å². The van der Waals surface area contributed by atoms with E-state index in [1.165, 1.54) is 7.11 Å². The van der Waals surface area contributed by atoms with Gasteiger partial charge in [0, 0.05) is 32.5 Å². The van der Waals surface area contributed by atoms with E-state index in [0.717, 1.165) is 11.3 Å². The predicted molar refractivity (Wildman–Crippen MR) is 82.7 cm³/mol. The van der Waals surface area contributed by atoms with E-state index in [0.29, 0.717) is 18.0 Å². The first-order valence-electron chi connectivity index (χ1n) is 6.65. The molecule has 0 spiro atoms. The van der Waals surface area contributed by atoms with Crippen molar-refractivity contribution in [1.82, 2.24) is 10.3 Å². The van der Waals surface area contributed by atoms with Crippen LogP contribution < -0.4 is 15.0 Å². The average molecular weight is 285 g/mol. The van der Waals surface area contributed by atoms with Gasteiger partial charge in [0.15, 0.2) is 0 Å². The van der Waals surface area contributed by atoms with Crippen molar-refractivity contribution < 1.29 is 9.53 Å². The molecule has 1 heterocycles. The quantitative estimate of drug-likeness (QED) is 0.914. The van der Waals surface area contributed by atoms with Gasteiger partial charge in [-0.3, -0.25) is 4.79 Å². The molecule has 2 aromatic rings. The second-order valence-electron chi connectivity index (χ2n) is 4.80. The second-order valence-corrected chi connectivity index (χ2v) is 4.80. The molecule has 0 aliphatic rings. The number of nitrogens with zero attached hydrogens (tertiary/aromatic N) is 2. The zero-order valence-corrected chi connectivity index (χ0v) is 12.5. The van der Waals surface area contributed by atoms with Crippen LogP contribution in [0.1, 0.15) is 15.9 Å². The molecule has 110 valence electrons. The summed E-state index contributed by atoms with van der Waals surface area (Å²) in [6.45, 7) is 0.463. The first kappa shape index (κ1) is 14.8. The smallest absolute Gasteiger partial charge is 0.257 e. The molecule has 0 fully saturated rings. The number of nitrogens with one attached hydrogen (secondary N) is 1. The molecule has 21 heavy (non-hydrogen) atoms. The van der Waals surface area contributed by atoms with Crippen molar-refractivity contribution in [1.29, 1.82) is 0 Å². The van der Waals surface area contributed by atoms with Crippen molar-refractivity contribution >= 4 is 11.6 Å². The van der Waals surface area contributed by atoms with Crippen molar-refractivity contribution in [2.75, 3.05) is 26.1 Å². The summed E-state index contributed by atoms with van der Waals surface area (Å²) in [5.74, 6) is 0.134. The Labute approximate surface area is 124 Å². The Morgan fingerprint density at radius 2 is 1.95 bits per heavy atom. The SMILES string of the molecule is COc1ncccc1C(=O)NCc1ccc(N(C)C)cc1. The number of pyridine rings is 1. The Morgan fingerprint density at radius 3 is 2.57 bits per heavy atom. The molecular formula is C16H19N3O2. The lowest BCUT2D eigenvalue weighted by Crippen LogP contribution is -2.23. The molecule has 1 N–H and O–H groups in total. The number of carbonyl (C=O) groups excluding carboxylic acids is 1. The maximum absolute atomic E-state index is 12.1. The van der Waals surface area contributed by atoms with Crippen LogP contribution in [0.25, 0.3) is 0 Å². The van der Waals surface area contributed by atoms with Crippen LogP contribution in [0.2, 0.25) is 0 Å². The van der Waals surface area contributed by atoms with Crippen molar-refractivity contribution in [2.24, 2.45) is 0 Å². The molecule has 0 aliphatic heterocycles. The Hall–Kier alpha value is -2.56. The van der Waals surface area contributed by atoms with Gasteiger partial charge >= 0.3 is 0 Å². The van der Waals surface area contributed by atoms with Gasteiger partial charge in [0.05, 0.1) is 7.11 Å². The third kappa shape index (κ3) is 3.72. The van der Waals surface area contributed by atoms with Gasteiger partial charge in [-0.25, -0.2) is 4.98 Å². The summed E-state index contributed by atoms with van der Waals surface area (Å²) < 4.78 is 5.08. The molecule has 0 atom stereocenters. The molecule has 1 aromatic heterocycles. The highest BCUT2D eigenvalue weighted by molar-refractivity contribution is 5.96. The monoisotopic (exact) mass is 285 g/mol. The summed E-state index contributed by atoms with van der Waals surface area (Å²) in [7, 11) is 5.48. The Kier molecular flexibility index (Phi) is 4.77. The maximum atomic E-state index is 12.1. The summed E-state index contributed by atoms with van der Waals surface area (Å²) in [6, 6.07) is 11.4. The molecule has 0 aliphatic carbocycles. The van der Waals surface area contributed by atoms with Crippen LogP contribution in [-0.2, 0) is 6.54 Å². The van der Waals surface area contributed by atoms with Gasteiger partial charge in [-0.05, 0) is 29.8 Å². The number of amides is 1. The summed E-state index contributed by atoms with van der Waals surface area (Å²) >= 11 is 0.